The van der Waals surface area contributed by atoms with Gasteiger partial charge >= 0.3 is 0 Å². The van der Waals surface area contributed by atoms with Crippen molar-refractivity contribution in [3.8, 4) is 0 Å². The summed E-state index contributed by atoms with van der Waals surface area (Å²) in [5.41, 5.74) is 10.4. The highest BCUT2D eigenvalue weighted by Crippen LogP contribution is 2.38. The molecule has 2 aromatic rings. The van der Waals surface area contributed by atoms with Crippen LogP contribution in [-0.4, -0.2) is 31.7 Å². The number of thiazole rings is 1. The minimum absolute atomic E-state index is 0.462. The van der Waals surface area contributed by atoms with Crippen LogP contribution >= 0.6 is 11.3 Å². The van der Waals surface area contributed by atoms with Crippen molar-refractivity contribution >= 4 is 33.4 Å². The number of hydrogen-bond acceptors (Lipinski definition) is 6. The molecule has 1 aromatic carbocycles. The highest BCUT2D eigenvalue weighted by molar-refractivity contribution is 7.13. The van der Waals surface area contributed by atoms with E-state index in [0.29, 0.717) is 6.54 Å². The highest BCUT2D eigenvalue weighted by Gasteiger charge is 2.25. The van der Waals surface area contributed by atoms with Gasteiger partial charge in [0.05, 0.1) is 17.1 Å². The number of rotatable bonds is 3. The Hall–Kier alpha value is -2.05. The summed E-state index contributed by atoms with van der Waals surface area (Å²) in [5.74, 6) is 1.04. The second kappa shape index (κ2) is 6.45. The third-order valence-electron chi connectivity index (χ3n) is 4.77. The molecule has 0 bridgehead atoms. The standard InChI is InChI=1S/C18H23N5S/c1-22-16-8-4-3-7-14(16)20-17(22)13(11-19)15-12-24-18(21-15)23-9-5-2-6-10-23/h3-4,7-8,12,20H,2,5-6,9-11,19H2,1H3/b17-13-. The number of nitrogens with one attached hydrogen (secondary N) is 1. The molecule has 2 aliphatic rings. The van der Waals surface area contributed by atoms with Crippen LogP contribution in [0, 0.1) is 0 Å². The van der Waals surface area contributed by atoms with Gasteiger partial charge in [-0.1, -0.05) is 12.1 Å². The lowest BCUT2D eigenvalue weighted by atomic mass is 10.1. The topological polar surface area (TPSA) is 57.4 Å². The summed E-state index contributed by atoms with van der Waals surface area (Å²) in [6, 6.07) is 8.30. The van der Waals surface area contributed by atoms with E-state index in [0.717, 1.165) is 41.0 Å². The molecule has 3 heterocycles. The second-order valence-electron chi connectivity index (χ2n) is 6.30. The average Bonchev–Trinajstić information content (AvgIpc) is 3.23. The van der Waals surface area contributed by atoms with E-state index < -0.39 is 0 Å². The molecule has 0 saturated carbocycles. The van der Waals surface area contributed by atoms with Crippen molar-refractivity contribution in [1.82, 2.24) is 4.98 Å². The van der Waals surface area contributed by atoms with Gasteiger partial charge < -0.3 is 20.9 Å². The van der Waals surface area contributed by atoms with Crippen molar-refractivity contribution in [1.29, 1.82) is 0 Å². The van der Waals surface area contributed by atoms with E-state index in [-0.39, 0.29) is 0 Å². The molecule has 2 aliphatic heterocycles. The fourth-order valence-corrected chi connectivity index (χ4v) is 4.33. The zero-order chi connectivity index (χ0) is 16.5. The molecule has 0 radical (unpaired) electrons. The predicted molar refractivity (Wildman–Crippen MR) is 103 cm³/mol. The second-order valence-corrected chi connectivity index (χ2v) is 7.13. The van der Waals surface area contributed by atoms with Gasteiger partial charge in [-0.3, -0.25) is 0 Å². The third-order valence-corrected chi connectivity index (χ3v) is 5.67. The first-order valence-corrected chi connectivity index (χ1v) is 9.40. The molecule has 1 saturated heterocycles. The van der Waals surface area contributed by atoms with Crippen molar-refractivity contribution in [2.45, 2.75) is 19.3 Å². The largest absolute Gasteiger partial charge is 0.348 e. The Morgan fingerprint density at radius 1 is 1.25 bits per heavy atom. The molecule has 0 spiro atoms. The molecule has 0 unspecified atom stereocenters. The van der Waals surface area contributed by atoms with Crippen LogP contribution in [0.1, 0.15) is 25.0 Å². The number of nitrogens with zero attached hydrogens (tertiary/aromatic N) is 3. The minimum Gasteiger partial charge on any atom is -0.348 e. The summed E-state index contributed by atoms with van der Waals surface area (Å²) >= 11 is 1.72. The van der Waals surface area contributed by atoms with Crippen LogP contribution in [0.25, 0.3) is 5.57 Å². The molecule has 6 heteroatoms. The molecule has 0 atom stereocenters. The van der Waals surface area contributed by atoms with E-state index in [9.17, 15) is 0 Å². The van der Waals surface area contributed by atoms with Gasteiger partial charge in [0, 0.05) is 37.6 Å². The Bertz CT molecular complexity index is 760. The molecule has 1 aromatic heterocycles. The zero-order valence-corrected chi connectivity index (χ0v) is 14.8. The van der Waals surface area contributed by atoms with Crippen molar-refractivity contribution in [2.75, 3.05) is 41.8 Å². The maximum absolute atomic E-state index is 6.10. The maximum Gasteiger partial charge on any atom is 0.185 e. The number of piperidine rings is 1. The van der Waals surface area contributed by atoms with Crippen LogP contribution in [0.3, 0.4) is 0 Å². The summed E-state index contributed by atoms with van der Waals surface area (Å²) < 4.78 is 0. The third kappa shape index (κ3) is 2.65. The Morgan fingerprint density at radius 2 is 2.04 bits per heavy atom. The number of aromatic nitrogens is 1. The summed E-state index contributed by atoms with van der Waals surface area (Å²) in [4.78, 5) is 9.45. The molecule has 0 amide bonds. The molecule has 0 aliphatic carbocycles. The van der Waals surface area contributed by atoms with E-state index in [2.05, 4.69) is 45.7 Å². The lowest BCUT2D eigenvalue weighted by molar-refractivity contribution is 0.577. The summed E-state index contributed by atoms with van der Waals surface area (Å²) in [6.45, 7) is 2.69. The number of fused-ring (bicyclic) bond motifs is 1. The first-order chi connectivity index (χ1) is 11.8. The Labute approximate surface area is 146 Å². The van der Waals surface area contributed by atoms with Crippen LogP contribution in [0.2, 0.25) is 0 Å². The Kier molecular flexibility index (Phi) is 4.16. The zero-order valence-electron chi connectivity index (χ0n) is 14.0. The quantitative estimate of drug-likeness (QED) is 0.897. The van der Waals surface area contributed by atoms with Crippen LogP contribution < -0.4 is 20.9 Å². The first kappa shape index (κ1) is 15.5. The lowest BCUT2D eigenvalue weighted by Gasteiger charge is -2.25. The molecular weight excluding hydrogens is 318 g/mol. The van der Waals surface area contributed by atoms with E-state index in [4.69, 9.17) is 10.7 Å². The van der Waals surface area contributed by atoms with E-state index >= 15 is 0 Å². The first-order valence-electron chi connectivity index (χ1n) is 8.52. The Morgan fingerprint density at radius 3 is 2.79 bits per heavy atom. The van der Waals surface area contributed by atoms with Gasteiger partial charge in [-0.05, 0) is 31.4 Å². The van der Waals surface area contributed by atoms with Crippen LogP contribution in [-0.2, 0) is 0 Å². The van der Waals surface area contributed by atoms with Gasteiger partial charge in [0.25, 0.3) is 0 Å². The molecule has 4 rings (SSSR count). The van der Waals surface area contributed by atoms with E-state index in [1.807, 2.05) is 6.07 Å². The van der Waals surface area contributed by atoms with Crippen molar-refractivity contribution in [3.05, 3.63) is 41.2 Å². The fourth-order valence-electron chi connectivity index (χ4n) is 3.44. The maximum atomic E-state index is 6.10. The molecule has 3 N–H and O–H groups in total. The minimum atomic E-state index is 0.462. The Balaban J connectivity index is 1.66. The van der Waals surface area contributed by atoms with Gasteiger partial charge in [-0.2, -0.15) is 0 Å². The highest BCUT2D eigenvalue weighted by atomic mass is 32.1. The number of anilines is 3. The van der Waals surface area contributed by atoms with Gasteiger partial charge in [0.15, 0.2) is 5.13 Å². The molecular formula is C18H23N5S. The number of para-hydroxylation sites is 2. The van der Waals surface area contributed by atoms with Gasteiger partial charge in [-0.25, -0.2) is 4.98 Å². The number of hydrogen-bond donors (Lipinski definition) is 2. The molecule has 126 valence electrons. The van der Waals surface area contributed by atoms with Crippen LogP contribution in [0.4, 0.5) is 16.5 Å². The van der Waals surface area contributed by atoms with Gasteiger partial charge in [-0.15, -0.1) is 11.3 Å². The van der Waals surface area contributed by atoms with Crippen LogP contribution in [0.15, 0.2) is 35.5 Å². The van der Waals surface area contributed by atoms with Crippen molar-refractivity contribution < 1.29 is 0 Å². The van der Waals surface area contributed by atoms with Gasteiger partial charge in [0.2, 0.25) is 0 Å². The SMILES string of the molecule is CN1/C(=C(/CN)c2csc(N3CCCCC3)n2)Nc2ccccc21. The summed E-state index contributed by atoms with van der Waals surface area (Å²) in [6.07, 6.45) is 3.86. The lowest BCUT2D eigenvalue weighted by Crippen LogP contribution is -2.29. The summed E-state index contributed by atoms with van der Waals surface area (Å²) in [7, 11) is 2.07. The molecule has 5 nitrogen and oxygen atoms in total. The monoisotopic (exact) mass is 341 g/mol. The van der Waals surface area contributed by atoms with E-state index in [1.54, 1.807) is 11.3 Å². The molecule has 1 fully saturated rings. The summed E-state index contributed by atoms with van der Waals surface area (Å²) in [5, 5.41) is 6.76. The fraction of sp³-hybridized carbons (Fsp3) is 0.389. The molecule has 24 heavy (non-hydrogen) atoms. The predicted octanol–water partition coefficient (Wildman–Crippen LogP) is 3.32. The smallest absolute Gasteiger partial charge is 0.185 e. The number of benzene rings is 1. The van der Waals surface area contributed by atoms with Gasteiger partial charge in [0.1, 0.15) is 5.82 Å². The van der Waals surface area contributed by atoms with E-state index in [1.165, 1.54) is 24.9 Å². The average molecular weight is 341 g/mol. The number of nitrogens with two attached hydrogens (primary N) is 1. The van der Waals surface area contributed by atoms with Crippen LogP contribution in [0.5, 0.6) is 0 Å². The van der Waals surface area contributed by atoms with Crippen molar-refractivity contribution in [2.24, 2.45) is 5.73 Å². The van der Waals surface area contributed by atoms with Crippen molar-refractivity contribution in [3.63, 3.8) is 0 Å². The normalized spacial score (nSPS) is 19.2.